The molecule has 0 aromatic carbocycles. The van der Waals surface area contributed by atoms with E-state index in [-0.39, 0.29) is 5.97 Å². The molecule has 0 bridgehead atoms. The zero-order valence-electron chi connectivity index (χ0n) is 18.8. The van der Waals surface area contributed by atoms with Crippen LogP contribution in [-0.4, -0.2) is 85.3 Å². The normalized spacial score (nSPS) is 10.8. The summed E-state index contributed by atoms with van der Waals surface area (Å²) >= 11 is 0. The maximum Gasteiger partial charge on any atom is 0.305 e. The highest BCUT2D eigenvalue weighted by atomic mass is 16.6. The first kappa shape index (κ1) is 28.8. The van der Waals surface area contributed by atoms with E-state index in [0.29, 0.717) is 85.7 Å². The van der Waals surface area contributed by atoms with Crippen molar-refractivity contribution < 1.29 is 38.0 Å². The van der Waals surface area contributed by atoms with Crippen molar-refractivity contribution in [3.05, 3.63) is 12.8 Å². The van der Waals surface area contributed by atoms with Crippen molar-refractivity contribution in [1.82, 2.24) is 0 Å². The van der Waals surface area contributed by atoms with Gasteiger partial charge in [0.05, 0.1) is 72.3 Å². The smallest absolute Gasteiger partial charge is 0.305 e. The molecule has 0 aliphatic rings. The molecular formula is C22H42O8. The quantitative estimate of drug-likeness (QED) is 0.123. The molecule has 0 spiro atoms. The van der Waals surface area contributed by atoms with Gasteiger partial charge in [0.1, 0.15) is 13.2 Å². The summed E-state index contributed by atoms with van der Waals surface area (Å²) in [6, 6.07) is 0. The molecule has 0 aromatic rings. The van der Waals surface area contributed by atoms with Gasteiger partial charge in [-0.3, -0.25) is 4.79 Å². The topological polar surface area (TPSA) is 81.7 Å². The molecule has 0 N–H and O–H groups in total. The highest BCUT2D eigenvalue weighted by Gasteiger charge is 2.02. The lowest BCUT2D eigenvalue weighted by Gasteiger charge is -2.08. The van der Waals surface area contributed by atoms with Crippen LogP contribution in [0.15, 0.2) is 12.8 Å². The van der Waals surface area contributed by atoms with E-state index >= 15 is 0 Å². The highest BCUT2D eigenvalue weighted by molar-refractivity contribution is 5.69. The first-order valence-corrected chi connectivity index (χ1v) is 11.1. The first-order valence-electron chi connectivity index (χ1n) is 11.1. The fourth-order valence-corrected chi connectivity index (χ4v) is 2.33. The molecule has 178 valence electrons. The minimum atomic E-state index is -0.141. The zero-order valence-corrected chi connectivity index (χ0v) is 18.8. The van der Waals surface area contributed by atoms with Crippen molar-refractivity contribution in [3.63, 3.8) is 0 Å². The highest BCUT2D eigenvalue weighted by Crippen LogP contribution is 2.05. The van der Waals surface area contributed by atoms with Crippen molar-refractivity contribution in [1.29, 1.82) is 0 Å². The number of rotatable bonds is 25. The molecule has 0 saturated heterocycles. The number of carbonyl (C=O) groups excluding carboxylic acids is 1. The van der Waals surface area contributed by atoms with Gasteiger partial charge in [-0.1, -0.05) is 39.2 Å². The molecule has 0 unspecified atom stereocenters. The van der Waals surface area contributed by atoms with Gasteiger partial charge in [-0.05, 0) is 6.42 Å². The van der Waals surface area contributed by atoms with Gasteiger partial charge in [-0.25, -0.2) is 0 Å². The molecule has 8 heteroatoms. The first-order chi connectivity index (χ1) is 14.8. The van der Waals surface area contributed by atoms with Crippen LogP contribution in [0.1, 0.15) is 45.4 Å². The second kappa shape index (κ2) is 25.8. The third-order valence-electron chi connectivity index (χ3n) is 3.93. The Morgan fingerprint density at radius 3 is 1.53 bits per heavy atom. The van der Waals surface area contributed by atoms with Crippen molar-refractivity contribution in [2.45, 2.75) is 45.4 Å². The largest absolute Gasteiger partial charge is 0.499 e. The molecule has 0 aromatic heterocycles. The van der Waals surface area contributed by atoms with Crippen molar-refractivity contribution in [2.75, 3.05) is 79.3 Å². The number of esters is 1. The van der Waals surface area contributed by atoms with E-state index in [9.17, 15) is 4.79 Å². The number of ether oxygens (including phenoxy) is 7. The second-order valence-electron chi connectivity index (χ2n) is 6.48. The van der Waals surface area contributed by atoms with Gasteiger partial charge in [0.15, 0.2) is 0 Å². The summed E-state index contributed by atoms with van der Waals surface area (Å²) in [5.74, 6) is -0.141. The van der Waals surface area contributed by atoms with E-state index in [1.165, 1.54) is 25.5 Å². The molecule has 30 heavy (non-hydrogen) atoms. The Morgan fingerprint density at radius 1 is 0.633 bits per heavy atom. The molecular weight excluding hydrogens is 392 g/mol. The molecule has 0 aliphatic heterocycles. The van der Waals surface area contributed by atoms with Gasteiger partial charge in [0.2, 0.25) is 0 Å². The Labute approximate surface area is 182 Å². The Hall–Kier alpha value is -1.19. The summed E-state index contributed by atoms with van der Waals surface area (Å²) in [7, 11) is 0. The Balaban J connectivity index is 3.09. The minimum absolute atomic E-state index is 0.141. The minimum Gasteiger partial charge on any atom is -0.499 e. The van der Waals surface area contributed by atoms with E-state index in [4.69, 9.17) is 33.2 Å². The van der Waals surface area contributed by atoms with Crippen LogP contribution >= 0.6 is 0 Å². The summed E-state index contributed by atoms with van der Waals surface area (Å²) in [6.45, 7) is 11.4. The summed E-state index contributed by atoms with van der Waals surface area (Å²) in [4.78, 5) is 11.5. The second-order valence-corrected chi connectivity index (χ2v) is 6.48. The number of hydrogen-bond donors (Lipinski definition) is 0. The Morgan fingerprint density at radius 2 is 1.07 bits per heavy atom. The molecule has 0 heterocycles. The average Bonchev–Trinajstić information content (AvgIpc) is 2.75. The summed E-state index contributed by atoms with van der Waals surface area (Å²) in [5.41, 5.74) is 0. The van der Waals surface area contributed by atoms with Crippen LogP contribution in [0.2, 0.25) is 0 Å². The molecule has 0 radical (unpaired) electrons. The fourth-order valence-electron chi connectivity index (χ4n) is 2.33. The van der Waals surface area contributed by atoms with E-state index in [1.807, 2.05) is 0 Å². The van der Waals surface area contributed by atoms with E-state index in [0.717, 1.165) is 12.8 Å². The maximum absolute atomic E-state index is 11.5. The Bertz CT molecular complexity index is 365. The number of carbonyl (C=O) groups is 1. The van der Waals surface area contributed by atoms with Gasteiger partial charge < -0.3 is 33.2 Å². The molecule has 0 saturated carbocycles. The molecule has 0 fully saturated rings. The van der Waals surface area contributed by atoms with Crippen LogP contribution < -0.4 is 0 Å². The molecule has 0 aliphatic carbocycles. The predicted molar refractivity (Wildman–Crippen MR) is 115 cm³/mol. The van der Waals surface area contributed by atoms with Gasteiger partial charge in [-0.2, -0.15) is 0 Å². The summed E-state index contributed by atoms with van der Waals surface area (Å²) in [6.07, 6.45) is 7.52. The van der Waals surface area contributed by atoms with Crippen LogP contribution in [-0.2, 0) is 38.0 Å². The maximum atomic E-state index is 11.5. The lowest BCUT2D eigenvalue weighted by Crippen LogP contribution is -2.15. The SMILES string of the molecule is C=COCCOCCOCCOCCOCCOCCOC(=O)CCCCCCC. The van der Waals surface area contributed by atoms with Crippen LogP contribution in [0, 0.1) is 0 Å². The lowest BCUT2D eigenvalue weighted by molar-refractivity contribution is -0.145. The van der Waals surface area contributed by atoms with Gasteiger partial charge in [-0.15, -0.1) is 0 Å². The molecule has 0 atom stereocenters. The van der Waals surface area contributed by atoms with Gasteiger partial charge in [0.25, 0.3) is 0 Å². The summed E-state index contributed by atoms with van der Waals surface area (Å²) in [5, 5.41) is 0. The fraction of sp³-hybridized carbons (Fsp3) is 0.864. The third-order valence-corrected chi connectivity index (χ3v) is 3.93. The van der Waals surface area contributed by atoms with Gasteiger partial charge in [0, 0.05) is 6.42 Å². The van der Waals surface area contributed by atoms with Crippen LogP contribution in [0.3, 0.4) is 0 Å². The monoisotopic (exact) mass is 434 g/mol. The lowest BCUT2D eigenvalue weighted by atomic mass is 10.1. The standard InChI is InChI=1S/C22H42O8/c1-3-5-6-7-8-9-22(23)30-21-20-29-19-18-28-17-16-27-15-14-26-13-12-25-11-10-24-4-2/h4H,2-3,5-21H2,1H3. The van der Waals surface area contributed by atoms with Crippen molar-refractivity contribution in [3.8, 4) is 0 Å². The summed E-state index contributed by atoms with van der Waals surface area (Å²) < 4.78 is 36.9. The Kier molecular flexibility index (Phi) is 24.8. The number of hydrogen-bond acceptors (Lipinski definition) is 8. The zero-order chi connectivity index (χ0) is 22.0. The molecule has 0 amide bonds. The van der Waals surface area contributed by atoms with Crippen molar-refractivity contribution >= 4 is 5.97 Å². The third kappa shape index (κ3) is 24.8. The van der Waals surface area contributed by atoms with E-state index in [1.54, 1.807) is 0 Å². The van der Waals surface area contributed by atoms with Crippen molar-refractivity contribution in [2.24, 2.45) is 0 Å². The van der Waals surface area contributed by atoms with Crippen LogP contribution in [0.4, 0.5) is 0 Å². The number of unbranched alkanes of at least 4 members (excludes halogenated alkanes) is 4. The average molecular weight is 435 g/mol. The van der Waals surface area contributed by atoms with Crippen LogP contribution in [0.25, 0.3) is 0 Å². The predicted octanol–water partition coefficient (Wildman–Crippen LogP) is 3.13. The van der Waals surface area contributed by atoms with Crippen LogP contribution in [0.5, 0.6) is 0 Å². The van der Waals surface area contributed by atoms with E-state index < -0.39 is 0 Å². The van der Waals surface area contributed by atoms with Gasteiger partial charge >= 0.3 is 5.97 Å². The molecule has 0 rings (SSSR count). The molecule has 8 nitrogen and oxygen atoms in total. The van der Waals surface area contributed by atoms with E-state index in [2.05, 4.69) is 13.5 Å².